The molecule has 2 rings (SSSR count). The number of carboxylic acid groups (broad SMARTS) is 1. The maximum absolute atomic E-state index is 10.9. The van der Waals surface area contributed by atoms with Gasteiger partial charge in [0.2, 0.25) is 0 Å². The summed E-state index contributed by atoms with van der Waals surface area (Å²) in [5, 5.41) is 8.91. The summed E-state index contributed by atoms with van der Waals surface area (Å²) >= 11 is 0. The molecule has 2 aromatic rings. The zero-order valence-electron chi connectivity index (χ0n) is 17.7. The Labute approximate surface area is 174 Å². The third-order valence-electron chi connectivity index (χ3n) is 4.97. The Bertz CT molecular complexity index is 707. The average molecular weight is 399 g/mol. The summed E-state index contributed by atoms with van der Waals surface area (Å²) in [5.74, 6) is 0.470. The molecular weight excluding hydrogens is 364 g/mol. The first-order chi connectivity index (χ1) is 14.1. The van der Waals surface area contributed by atoms with Crippen molar-refractivity contribution in [1.82, 2.24) is 0 Å². The van der Waals surface area contributed by atoms with Crippen molar-refractivity contribution in [2.75, 3.05) is 6.61 Å². The summed E-state index contributed by atoms with van der Waals surface area (Å²) in [4.78, 5) is 10.9. The van der Waals surface area contributed by atoms with Gasteiger partial charge >= 0.3 is 5.97 Å². The Hall–Kier alpha value is -2.49. The molecule has 0 heterocycles. The van der Waals surface area contributed by atoms with E-state index in [0.29, 0.717) is 5.75 Å². The summed E-state index contributed by atoms with van der Waals surface area (Å²) in [6.45, 7) is 4.53. The maximum atomic E-state index is 10.9. The number of benzene rings is 2. The fourth-order valence-corrected chi connectivity index (χ4v) is 3.15. The Morgan fingerprint density at radius 2 is 1.28 bits per heavy atom. The molecule has 0 bridgehead atoms. The lowest BCUT2D eigenvalue weighted by Gasteiger charge is -2.11. The number of carboxylic acids is 1. The van der Waals surface area contributed by atoms with Gasteiger partial charge in [-0.15, -0.1) is 0 Å². The van der Waals surface area contributed by atoms with E-state index in [-0.39, 0.29) is 0 Å². The van der Waals surface area contributed by atoms with Gasteiger partial charge in [-0.1, -0.05) is 76.1 Å². The normalized spacial score (nSPS) is 11.8. The Morgan fingerprint density at radius 3 is 1.79 bits per heavy atom. The van der Waals surface area contributed by atoms with E-state index in [1.54, 1.807) is 12.1 Å². The standard InChI is InChI=1S/C25H34O4/c1-3-4-5-6-7-8-9-10-19-28-23-15-11-21(12-16-23)22-13-17-24(18-14-22)29-20(2)25(26)27/h11-18,20H,3-10,19H2,1-2H3,(H,26,27)/t20-/m0/s1. The zero-order valence-corrected chi connectivity index (χ0v) is 17.7. The van der Waals surface area contributed by atoms with Crippen LogP contribution >= 0.6 is 0 Å². The molecule has 158 valence electrons. The van der Waals surface area contributed by atoms with Crippen LogP contribution in [0.2, 0.25) is 0 Å². The molecular formula is C25H34O4. The molecule has 0 unspecified atom stereocenters. The van der Waals surface area contributed by atoms with Gasteiger partial charge in [-0.25, -0.2) is 4.79 Å². The van der Waals surface area contributed by atoms with E-state index in [1.807, 2.05) is 36.4 Å². The van der Waals surface area contributed by atoms with Crippen LogP contribution in [0.5, 0.6) is 11.5 Å². The van der Waals surface area contributed by atoms with Crippen LogP contribution in [0.1, 0.15) is 65.2 Å². The fourth-order valence-electron chi connectivity index (χ4n) is 3.15. The molecule has 1 N–H and O–H groups in total. The number of aliphatic carboxylic acids is 1. The molecule has 4 nitrogen and oxygen atoms in total. The number of hydrogen-bond donors (Lipinski definition) is 1. The van der Waals surface area contributed by atoms with Crippen molar-refractivity contribution in [2.45, 2.75) is 71.3 Å². The van der Waals surface area contributed by atoms with Crippen LogP contribution in [0.3, 0.4) is 0 Å². The highest BCUT2D eigenvalue weighted by Gasteiger charge is 2.12. The topological polar surface area (TPSA) is 55.8 Å². The van der Waals surface area contributed by atoms with E-state index in [4.69, 9.17) is 14.6 Å². The van der Waals surface area contributed by atoms with E-state index in [0.717, 1.165) is 29.9 Å². The number of rotatable bonds is 14. The molecule has 1 atom stereocenters. The van der Waals surface area contributed by atoms with Crippen LogP contribution in [0.15, 0.2) is 48.5 Å². The van der Waals surface area contributed by atoms with Gasteiger partial charge in [-0.2, -0.15) is 0 Å². The Morgan fingerprint density at radius 1 is 0.793 bits per heavy atom. The molecule has 0 fully saturated rings. The fraction of sp³-hybridized carbons (Fsp3) is 0.480. The minimum atomic E-state index is -0.975. The lowest BCUT2D eigenvalue weighted by atomic mass is 10.1. The number of unbranched alkanes of at least 4 members (excludes halogenated alkanes) is 7. The maximum Gasteiger partial charge on any atom is 0.344 e. The molecule has 0 amide bonds. The Kier molecular flexibility index (Phi) is 10.1. The van der Waals surface area contributed by atoms with Gasteiger partial charge in [0.05, 0.1) is 6.61 Å². The van der Waals surface area contributed by atoms with Crippen LogP contribution in [0.4, 0.5) is 0 Å². The van der Waals surface area contributed by atoms with E-state index < -0.39 is 12.1 Å². The lowest BCUT2D eigenvalue weighted by Crippen LogP contribution is -2.22. The molecule has 0 saturated heterocycles. The second kappa shape index (κ2) is 12.9. The predicted molar refractivity (Wildman–Crippen MR) is 118 cm³/mol. The minimum absolute atomic E-state index is 0.550. The molecule has 0 saturated carbocycles. The molecule has 2 aromatic carbocycles. The smallest absolute Gasteiger partial charge is 0.344 e. The van der Waals surface area contributed by atoms with Crippen LogP contribution in [-0.4, -0.2) is 23.8 Å². The molecule has 0 aromatic heterocycles. The number of ether oxygens (including phenoxy) is 2. The molecule has 0 spiro atoms. The van der Waals surface area contributed by atoms with Gasteiger partial charge < -0.3 is 14.6 Å². The second-order valence-corrected chi connectivity index (χ2v) is 7.47. The van der Waals surface area contributed by atoms with Gasteiger partial charge in [-0.3, -0.25) is 0 Å². The highest BCUT2D eigenvalue weighted by molar-refractivity contribution is 5.72. The first kappa shape index (κ1) is 22.8. The summed E-state index contributed by atoms with van der Waals surface area (Å²) in [5.41, 5.74) is 2.14. The van der Waals surface area contributed by atoms with Crippen molar-refractivity contribution < 1.29 is 19.4 Å². The third-order valence-corrected chi connectivity index (χ3v) is 4.97. The molecule has 0 aliphatic carbocycles. The Balaban J connectivity index is 1.71. The summed E-state index contributed by atoms with van der Waals surface area (Å²) in [7, 11) is 0. The van der Waals surface area contributed by atoms with Crippen molar-refractivity contribution >= 4 is 5.97 Å². The SMILES string of the molecule is CCCCCCCCCCOc1ccc(-c2ccc(O[C@@H](C)C(=O)O)cc2)cc1. The van der Waals surface area contributed by atoms with Crippen molar-refractivity contribution in [3.63, 3.8) is 0 Å². The molecule has 29 heavy (non-hydrogen) atoms. The van der Waals surface area contributed by atoms with Crippen LogP contribution in [0.25, 0.3) is 11.1 Å². The first-order valence-electron chi connectivity index (χ1n) is 10.8. The summed E-state index contributed by atoms with van der Waals surface area (Å²) < 4.78 is 11.2. The van der Waals surface area contributed by atoms with Gasteiger partial charge in [0.25, 0.3) is 0 Å². The van der Waals surface area contributed by atoms with Crippen LogP contribution in [0, 0.1) is 0 Å². The first-order valence-corrected chi connectivity index (χ1v) is 10.8. The van der Waals surface area contributed by atoms with E-state index in [9.17, 15) is 4.79 Å². The third kappa shape index (κ3) is 8.59. The van der Waals surface area contributed by atoms with Gasteiger partial charge in [0.1, 0.15) is 11.5 Å². The predicted octanol–water partition coefficient (Wildman–Crippen LogP) is 6.73. The van der Waals surface area contributed by atoms with E-state index in [2.05, 4.69) is 6.92 Å². The van der Waals surface area contributed by atoms with Crippen molar-refractivity contribution in [3.05, 3.63) is 48.5 Å². The van der Waals surface area contributed by atoms with Crippen molar-refractivity contribution in [3.8, 4) is 22.6 Å². The van der Waals surface area contributed by atoms with Crippen LogP contribution in [-0.2, 0) is 4.79 Å². The highest BCUT2D eigenvalue weighted by atomic mass is 16.5. The van der Waals surface area contributed by atoms with Gasteiger partial charge in [0.15, 0.2) is 6.10 Å². The van der Waals surface area contributed by atoms with Gasteiger partial charge in [-0.05, 0) is 48.7 Å². The number of hydrogen-bond acceptors (Lipinski definition) is 3. The lowest BCUT2D eigenvalue weighted by molar-refractivity contribution is -0.144. The largest absolute Gasteiger partial charge is 0.494 e. The molecule has 0 aliphatic heterocycles. The molecule has 0 aliphatic rings. The van der Waals surface area contributed by atoms with Crippen molar-refractivity contribution in [1.29, 1.82) is 0 Å². The van der Waals surface area contributed by atoms with E-state index in [1.165, 1.54) is 51.9 Å². The summed E-state index contributed by atoms with van der Waals surface area (Å²) in [6, 6.07) is 15.5. The quantitative estimate of drug-likeness (QED) is 0.359. The number of carbonyl (C=O) groups is 1. The average Bonchev–Trinajstić information content (AvgIpc) is 2.73. The molecule has 4 heteroatoms. The van der Waals surface area contributed by atoms with Crippen LogP contribution < -0.4 is 9.47 Å². The van der Waals surface area contributed by atoms with E-state index >= 15 is 0 Å². The summed E-state index contributed by atoms with van der Waals surface area (Å²) in [6.07, 6.45) is 9.52. The second-order valence-electron chi connectivity index (χ2n) is 7.47. The highest BCUT2D eigenvalue weighted by Crippen LogP contribution is 2.25. The van der Waals surface area contributed by atoms with Crippen molar-refractivity contribution in [2.24, 2.45) is 0 Å². The zero-order chi connectivity index (χ0) is 20.9. The molecule has 0 radical (unpaired) electrons. The van der Waals surface area contributed by atoms with Gasteiger partial charge in [0, 0.05) is 0 Å². The minimum Gasteiger partial charge on any atom is -0.494 e. The monoisotopic (exact) mass is 398 g/mol.